The number of hydrogen-bond acceptors (Lipinski definition) is 6. The fourth-order valence-electron chi connectivity index (χ4n) is 4.38. The Morgan fingerprint density at radius 1 is 0.872 bits per heavy atom. The Morgan fingerprint density at radius 2 is 1.46 bits per heavy atom. The molecule has 0 spiro atoms. The van der Waals surface area contributed by atoms with Crippen molar-refractivity contribution in [2.75, 3.05) is 6.61 Å². The Morgan fingerprint density at radius 3 is 2.03 bits per heavy atom. The summed E-state index contributed by atoms with van der Waals surface area (Å²) in [4.78, 5) is 4.78. The smallest absolute Gasteiger partial charge is 0.226 e. The topological polar surface area (TPSA) is 79.5 Å². The average molecular weight is 536 g/mol. The molecule has 6 heteroatoms. The number of phenols is 1. The molecule has 3 rings (SSSR count). The number of aromatic hydroxyl groups is 1. The number of oxazole rings is 1. The third-order valence-corrected chi connectivity index (χ3v) is 6.68. The maximum absolute atomic E-state index is 11.0. The highest BCUT2D eigenvalue weighted by Gasteiger charge is 2.27. The Hall–Kier alpha value is -2.83. The van der Waals surface area contributed by atoms with Crippen molar-refractivity contribution in [3.05, 3.63) is 64.5 Å². The van der Waals surface area contributed by atoms with E-state index in [9.17, 15) is 5.11 Å². The Balaban J connectivity index is 1.76. The van der Waals surface area contributed by atoms with E-state index in [0.717, 1.165) is 46.8 Å². The van der Waals surface area contributed by atoms with E-state index < -0.39 is 0 Å². The van der Waals surface area contributed by atoms with Gasteiger partial charge in [0.2, 0.25) is 5.89 Å². The molecule has 39 heavy (non-hydrogen) atoms. The van der Waals surface area contributed by atoms with Crippen molar-refractivity contribution in [1.29, 1.82) is 0 Å². The molecular weight excluding hydrogens is 486 g/mol. The number of ether oxygens (including phenoxy) is 1. The second-order valence-electron chi connectivity index (χ2n) is 13.2. The van der Waals surface area contributed by atoms with Crippen LogP contribution in [0.25, 0.3) is 11.5 Å². The second kappa shape index (κ2) is 12.6. The summed E-state index contributed by atoms with van der Waals surface area (Å²) in [5.41, 5.74) is 5.47. The lowest BCUT2D eigenvalue weighted by molar-refractivity contribution is 0.315. The van der Waals surface area contributed by atoms with E-state index in [1.165, 1.54) is 5.56 Å². The molecule has 6 nitrogen and oxygen atoms in total. The van der Waals surface area contributed by atoms with Crippen LogP contribution in [-0.4, -0.2) is 28.8 Å². The molecule has 0 unspecified atom stereocenters. The number of aromatic nitrogens is 1. The first kappa shape index (κ1) is 30.7. The minimum Gasteiger partial charge on any atom is -0.507 e. The molecule has 0 saturated heterocycles. The number of benzene rings is 2. The fraction of sp³-hybridized carbons (Fsp3) is 0.545. The van der Waals surface area contributed by atoms with E-state index in [0.29, 0.717) is 36.8 Å². The molecule has 1 aromatic heterocycles. The van der Waals surface area contributed by atoms with E-state index in [-0.39, 0.29) is 10.8 Å². The number of nitrogens with zero attached hydrogens (tertiary/aromatic N) is 1. The largest absolute Gasteiger partial charge is 0.507 e. The summed E-state index contributed by atoms with van der Waals surface area (Å²) in [7, 11) is 0. The average Bonchev–Trinajstić information content (AvgIpc) is 3.29. The van der Waals surface area contributed by atoms with Gasteiger partial charge in [0.1, 0.15) is 17.8 Å². The van der Waals surface area contributed by atoms with Crippen molar-refractivity contribution in [3.8, 4) is 23.0 Å². The van der Waals surface area contributed by atoms with Crippen molar-refractivity contribution in [3.63, 3.8) is 0 Å². The van der Waals surface area contributed by atoms with Crippen LogP contribution >= 0.6 is 0 Å². The summed E-state index contributed by atoms with van der Waals surface area (Å²) in [6.07, 6.45) is 2.34. The van der Waals surface area contributed by atoms with Gasteiger partial charge in [0.15, 0.2) is 0 Å². The fourth-order valence-corrected chi connectivity index (χ4v) is 4.38. The zero-order valence-corrected chi connectivity index (χ0v) is 25.7. The lowest BCUT2D eigenvalue weighted by Crippen LogP contribution is -2.23. The van der Waals surface area contributed by atoms with Crippen LogP contribution < -0.4 is 15.4 Å². The van der Waals surface area contributed by atoms with Gasteiger partial charge in [-0.25, -0.2) is 4.98 Å². The monoisotopic (exact) mass is 535 g/mol. The number of phenolic OH excluding ortho intramolecular Hbond substituents is 1. The summed E-state index contributed by atoms with van der Waals surface area (Å²) in [5.74, 6) is 1.81. The molecule has 0 atom stereocenters. The zero-order valence-electron chi connectivity index (χ0n) is 25.7. The highest BCUT2D eigenvalue weighted by atomic mass is 16.5. The highest BCUT2D eigenvalue weighted by Crippen LogP contribution is 2.41. The zero-order chi connectivity index (χ0) is 29.0. The van der Waals surface area contributed by atoms with Crippen molar-refractivity contribution in [1.82, 2.24) is 15.6 Å². The minimum absolute atomic E-state index is 0.216. The lowest BCUT2D eigenvalue weighted by atomic mass is 9.78. The summed E-state index contributed by atoms with van der Waals surface area (Å²) in [5, 5.41) is 18.0. The van der Waals surface area contributed by atoms with Crippen molar-refractivity contribution < 1.29 is 14.3 Å². The molecule has 214 valence electrons. The summed E-state index contributed by atoms with van der Waals surface area (Å²) < 4.78 is 12.2. The van der Waals surface area contributed by atoms with E-state index in [4.69, 9.17) is 14.1 Å². The van der Waals surface area contributed by atoms with E-state index in [1.54, 1.807) is 6.26 Å². The number of rotatable bonds is 11. The van der Waals surface area contributed by atoms with Gasteiger partial charge >= 0.3 is 0 Å². The van der Waals surface area contributed by atoms with Gasteiger partial charge in [-0.1, -0.05) is 75.3 Å². The van der Waals surface area contributed by atoms with E-state index in [1.807, 2.05) is 12.1 Å². The summed E-state index contributed by atoms with van der Waals surface area (Å²) in [6, 6.07) is 11.2. The first-order chi connectivity index (χ1) is 18.1. The van der Waals surface area contributed by atoms with Crippen LogP contribution in [-0.2, 0) is 30.3 Å². The Kier molecular flexibility index (Phi) is 9.89. The molecule has 0 radical (unpaired) electrons. The van der Waals surface area contributed by atoms with Gasteiger partial charge in [-0.15, -0.1) is 0 Å². The molecule has 0 bridgehead atoms. The predicted octanol–water partition coefficient (Wildman–Crippen LogP) is 7.26. The molecule has 0 aliphatic carbocycles. The molecule has 0 saturated carbocycles. The van der Waals surface area contributed by atoms with Crippen molar-refractivity contribution in [2.45, 2.75) is 112 Å². The van der Waals surface area contributed by atoms with Gasteiger partial charge in [0.05, 0.1) is 12.3 Å². The second-order valence-corrected chi connectivity index (χ2v) is 13.2. The lowest BCUT2D eigenvalue weighted by Gasteiger charge is -2.27. The van der Waals surface area contributed by atoms with Gasteiger partial charge in [-0.2, -0.15) is 0 Å². The SMILES string of the molecule is CC(C)NCc1ccc(OCCc2coc(-c3cc(C(C)(C)C)c(O)c(C(C)(C)C)c3)n2)c(CNC(C)C)c1. The van der Waals surface area contributed by atoms with E-state index >= 15 is 0 Å². The molecule has 0 aliphatic heterocycles. The van der Waals surface area contributed by atoms with Gasteiger partial charge < -0.3 is 24.9 Å². The van der Waals surface area contributed by atoms with Gasteiger partial charge in [0, 0.05) is 53.8 Å². The summed E-state index contributed by atoms with van der Waals surface area (Å²) >= 11 is 0. The van der Waals surface area contributed by atoms with Crippen molar-refractivity contribution in [2.24, 2.45) is 0 Å². The van der Waals surface area contributed by atoms with Crippen LogP contribution in [0.1, 0.15) is 97.2 Å². The molecule has 3 aromatic rings. The van der Waals surface area contributed by atoms with Crippen LogP contribution in [0.2, 0.25) is 0 Å². The molecule has 0 fully saturated rings. The quantitative estimate of drug-likeness (QED) is 0.240. The predicted molar refractivity (Wildman–Crippen MR) is 161 cm³/mol. The maximum atomic E-state index is 11.0. The third-order valence-electron chi connectivity index (χ3n) is 6.68. The highest BCUT2D eigenvalue weighted by molar-refractivity contribution is 5.63. The van der Waals surface area contributed by atoms with Gasteiger partial charge in [0.25, 0.3) is 0 Å². The Labute approximate surface area is 235 Å². The first-order valence-corrected chi connectivity index (χ1v) is 14.2. The third kappa shape index (κ3) is 8.58. The van der Waals surface area contributed by atoms with Crippen LogP contribution in [0.5, 0.6) is 11.5 Å². The molecule has 1 heterocycles. The molecule has 2 aromatic carbocycles. The molecule has 0 aliphatic rings. The van der Waals surface area contributed by atoms with Crippen LogP contribution in [0.4, 0.5) is 0 Å². The standard InChI is InChI=1S/C33H49N3O3/c1-21(2)34-18-23-11-12-29(25(15-23)19-35-22(3)4)38-14-13-26-20-39-31(36-26)24-16-27(32(5,6)7)30(37)28(17-24)33(8,9)10/h11-12,15-17,20-22,34-35,37H,13-14,18-19H2,1-10H3. The van der Waals surface area contributed by atoms with Crippen LogP contribution in [0.15, 0.2) is 41.0 Å². The van der Waals surface area contributed by atoms with Gasteiger partial charge in [-0.05, 0) is 40.7 Å². The van der Waals surface area contributed by atoms with E-state index in [2.05, 4.69) is 98.1 Å². The first-order valence-electron chi connectivity index (χ1n) is 14.2. The van der Waals surface area contributed by atoms with Gasteiger partial charge in [-0.3, -0.25) is 0 Å². The number of nitrogens with one attached hydrogen (secondary N) is 2. The molecule has 3 N–H and O–H groups in total. The maximum Gasteiger partial charge on any atom is 0.226 e. The summed E-state index contributed by atoms with van der Waals surface area (Å²) in [6.45, 7) is 23.3. The Bertz CT molecular complexity index is 1190. The minimum atomic E-state index is -0.216. The van der Waals surface area contributed by atoms with Crippen molar-refractivity contribution >= 4 is 0 Å². The molecule has 0 amide bonds. The number of hydrogen-bond donors (Lipinski definition) is 3. The normalized spacial score (nSPS) is 12.5. The van der Waals surface area contributed by atoms with Crippen LogP contribution in [0.3, 0.4) is 0 Å². The molecular formula is C33H49N3O3. The van der Waals surface area contributed by atoms with Crippen LogP contribution in [0, 0.1) is 0 Å².